The minimum absolute atomic E-state index is 0.181. The standard InChI is InChI=1S/C27H38F2/c1-3-7-21-10-12-22(13-11-21)8-5-6-9-24-18-19-25(27(29)26(24)28)23-16-14-20(4-2)15-17-23/h6,9,12,18-21,23H,3-5,7-8,10-11,13-17H2,1-2H3. The summed E-state index contributed by atoms with van der Waals surface area (Å²) in [5.74, 6) is 0.518. The quantitative estimate of drug-likeness (QED) is 0.382. The van der Waals surface area contributed by atoms with Gasteiger partial charge in [-0.2, -0.15) is 0 Å². The first kappa shape index (κ1) is 22.2. The van der Waals surface area contributed by atoms with E-state index in [1.165, 1.54) is 44.1 Å². The second-order valence-electron chi connectivity index (χ2n) is 9.23. The van der Waals surface area contributed by atoms with Crippen molar-refractivity contribution in [1.29, 1.82) is 0 Å². The third-order valence-electron chi connectivity index (χ3n) is 7.25. The first-order valence-corrected chi connectivity index (χ1v) is 11.9. The van der Waals surface area contributed by atoms with Crippen molar-refractivity contribution in [3.63, 3.8) is 0 Å². The molecule has 1 aromatic rings. The molecular formula is C27H38F2. The van der Waals surface area contributed by atoms with E-state index in [0.29, 0.717) is 11.1 Å². The predicted molar refractivity (Wildman–Crippen MR) is 120 cm³/mol. The van der Waals surface area contributed by atoms with Crippen LogP contribution in [0.3, 0.4) is 0 Å². The molecule has 0 amide bonds. The van der Waals surface area contributed by atoms with Crippen LogP contribution in [0.5, 0.6) is 0 Å². The van der Waals surface area contributed by atoms with E-state index in [9.17, 15) is 8.78 Å². The first-order valence-electron chi connectivity index (χ1n) is 11.9. The van der Waals surface area contributed by atoms with E-state index in [1.807, 2.05) is 12.1 Å². The number of hydrogen-bond acceptors (Lipinski definition) is 0. The van der Waals surface area contributed by atoms with Crippen LogP contribution in [0.4, 0.5) is 8.78 Å². The van der Waals surface area contributed by atoms with Gasteiger partial charge in [-0.3, -0.25) is 0 Å². The van der Waals surface area contributed by atoms with Crippen molar-refractivity contribution in [3.8, 4) is 0 Å². The number of rotatable bonds is 8. The molecule has 1 atom stereocenters. The smallest absolute Gasteiger partial charge is 0.166 e. The van der Waals surface area contributed by atoms with E-state index in [4.69, 9.17) is 0 Å². The Morgan fingerprint density at radius 2 is 1.76 bits per heavy atom. The Labute approximate surface area is 176 Å². The van der Waals surface area contributed by atoms with Crippen LogP contribution in [0, 0.1) is 23.5 Å². The lowest BCUT2D eigenvalue weighted by molar-refractivity contribution is 0.312. The van der Waals surface area contributed by atoms with Gasteiger partial charge in [0.1, 0.15) is 0 Å². The molecule has 0 saturated heterocycles. The molecule has 0 N–H and O–H groups in total. The Balaban J connectivity index is 1.53. The van der Waals surface area contributed by atoms with E-state index < -0.39 is 11.6 Å². The van der Waals surface area contributed by atoms with Crippen LogP contribution in [0.15, 0.2) is 29.9 Å². The fourth-order valence-electron chi connectivity index (χ4n) is 5.22. The summed E-state index contributed by atoms with van der Waals surface area (Å²) < 4.78 is 29.3. The third-order valence-corrected chi connectivity index (χ3v) is 7.25. The molecule has 1 unspecified atom stereocenters. The zero-order valence-corrected chi connectivity index (χ0v) is 18.4. The van der Waals surface area contributed by atoms with E-state index in [1.54, 1.807) is 12.1 Å². The van der Waals surface area contributed by atoms with Crippen molar-refractivity contribution < 1.29 is 8.78 Å². The van der Waals surface area contributed by atoms with Crippen molar-refractivity contribution in [2.75, 3.05) is 0 Å². The highest BCUT2D eigenvalue weighted by Gasteiger charge is 2.25. The molecule has 160 valence electrons. The van der Waals surface area contributed by atoms with Gasteiger partial charge in [-0.05, 0) is 81.1 Å². The summed E-state index contributed by atoms with van der Waals surface area (Å²) in [6, 6.07) is 3.60. The summed E-state index contributed by atoms with van der Waals surface area (Å²) >= 11 is 0. The third kappa shape index (κ3) is 6.03. The van der Waals surface area contributed by atoms with Crippen molar-refractivity contribution in [3.05, 3.63) is 52.6 Å². The Kier molecular flexibility index (Phi) is 8.51. The Hall–Kier alpha value is -1.44. The van der Waals surface area contributed by atoms with Crippen molar-refractivity contribution in [2.45, 2.75) is 96.8 Å². The van der Waals surface area contributed by atoms with Crippen LogP contribution in [-0.4, -0.2) is 0 Å². The predicted octanol–water partition coefficient (Wildman–Crippen LogP) is 8.97. The molecule has 2 heteroatoms. The highest BCUT2D eigenvalue weighted by atomic mass is 19.2. The summed E-state index contributed by atoms with van der Waals surface area (Å²) in [7, 11) is 0. The zero-order valence-electron chi connectivity index (χ0n) is 18.4. The van der Waals surface area contributed by atoms with Gasteiger partial charge in [0, 0.05) is 5.56 Å². The SMILES string of the molecule is CCCC1CC=C(CCC=Cc2ccc(C3CCC(CC)CC3)c(F)c2F)CC1. The van der Waals surface area contributed by atoms with Crippen LogP contribution >= 0.6 is 0 Å². The average molecular weight is 401 g/mol. The van der Waals surface area contributed by atoms with Crippen LogP contribution in [0.1, 0.15) is 108 Å². The number of allylic oxidation sites excluding steroid dienone is 3. The normalized spacial score (nSPS) is 25.4. The van der Waals surface area contributed by atoms with E-state index in [0.717, 1.165) is 50.4 Å². The molecular weight excluding hydrogens is 362 g/mol. The molecule has 0 heterocycles. The minimum atomic E-state index is -0.671. The molecule has 3 rings (SSSR count). The Morgan fingerprint density at radius 1 is 0.966 bits per heavy atom. The van der Waals surface area contributed by atoms with Gasteiger partial charge in [-0.25, -0.2) is 8.78 Å². The van der Waals surface area contributed by atoms with Crippen LogP contribution in [-0.2, 0) is 0 Å². The Bertz CT molecular complexity index is 707. The van der Waals surface area contributed by atoms with Gasteiger partial charge in [0.2, 0.25) is 0 Å². The van der Waals surface area contributed by atoms with Crippen LogP contribution < -0.4 is 0 Å². The Morgan fingerprint density at radius 3 is 2.41 bits per heavy atom. The highest BCUT2D eigenvalue weighted by molar-refractivity contribution is 5.51. The molecule has 0 radical (unpaired) electrons. The van der Waals surface area contributed by atoms with Crippen LogP contribution in [0.2, 0.25) is 0 Å². The van der Waals surface area contributed by atoms with Gasteiger partial charge in [-0.15, -0.1) is 0 Å². The fraction of sp³-hybridized carbons (Fsp3) is 0.630. The molecule has 1 saturated carbocycles. The van der Waals surface area contributed by atoms with Gasteiger partial charge in [0.15, 0.2) is 11.6 Å². The molecule has 0 spiro atoms. The maximum atomic E-state index is 14.7. The number of hydrogen-bond donors (Lipinski definition) is 0. The largest absolute Gasteiger partial charge is 0.203 e. The molecule has 1 aromatic carbocycles. The van der Waals surface area contributed by atoms with Crippen molar-refractivity contribution >= 4 is 6.08 Å². The van der Waals surface area contributed by atoms with Gasteiger partial charge >= 0.3 is 0 Å². The van der Waals surface area contributed by atoms with Crippen molar-refractivity contribution in [2.24, 2.45) is 11.8 Å². The lowest BCUT2D eigenvalue weighted by atomic mass is 9.77. The number of benzene rings is 1. The van der Waals surface area contributed by atoms with Gasteiger partial charge in [-0.1, -0.05) is 69.0 Å². The molecule has 2 aliphatic rings. The summed E-state index contributed by atoms with van der Waals surface area (Å²) in [5, 5.41) is 0. The molecule has 29 heavy (non-hydrogen) atoms. The molecule has 0 nitrogen and oxygen atoms in total. The second kappa shape index (κ2) is 11.1. The highest BCUT2D eigenvalue weighted by Crippen LogP contribution is 2.38. The van der Waals surface area contributed by atoms with E-state index >= 15 is 0 Å². The molecule has 0 aliphatic heterocycles. The average Bonchev–Trinajstić information content (AvgIpc) is 2.75. The van der Waals surface area contributed by atoms with Gasteiger partial charge in [0.05, 0.1) is 0 Å². The molecule has 2 aliphatic carbocycles. The fourth-order valence-corrected chi connectivity index (χ4v) is 5.22. The van der Waals surface area contributed by atoms with Gasteiger partial charge in [0.25, 0.3) is 0 Å². The summed E-state index contributed by atoms with van der Waals surface area (Å²) in [6.45, 7) is 4.48. The zero-order chi connectivity index (χ0) is 20.6. The van der Waals surface area contributed by atoms with Crippen molar-refractivity contribution in [1.82, 2.24) is 0 Å². The van der Waals surface area contributed by atoms with E-state index in [2.05, 4.69) is 19.9 Å². The molecule has 0 aromatic heterocycles. The second-order valence-corrected chi connectivity index (χ2v) is 9.23. The summed E-state index contributed by atoms with van der Waals surface area (Å²) in [6.07, 6.45) is 19.9. The molecule has 1 fully saturated rings. The van der Waals surface area contributed by atoms with E-state index in [-0.39, 0.29) is 5.92 Å². The monoisotopic (exact) mass is 400 g/mol. The summed E-state index contributed by atoms with van der Waals surface area (Å²) in [5.41, 5.74) is 2.50. The topological polar surface area (TPSA) is 0 Å². The minimum Gasteiger partial charge on any atom is -0.203 e. The summed E-state index contributed by atoms with van der Waals surface area (Å²) in [4.78, 5) is 0. The number of halogens is 2. The first-order chi connectivity index (χ1) is 14.1. The maximum Gasteiger partial charge on any atom is 0.166 e. The van der Waals surface area contributed by atoms with Crippen LogP contribution in [0.25, 0.3) is 6.08 Å². The van der Waals surface area contributed by atoms with Gasteiger partial charge < -0.3 is 0 Å². The molecule has 0 bridgehead atoms. The lowest BCUT2D eigenvalue weighted by Crippen LogP contribution is -2.14. The lowest BCUT2D eigenvalue weighted by Gasteiger charge is -2.28. The maximum absolute atomic E-state index is 14.7.